The number of aliphatic hydroxyl groups excluding tert-OH is 1. The molecule has 0 fully saturated rings. The maximum absolute atomic E-state index is 11.7. The van der Waals surface area contributed by atoms with Gasteiger partial charge in [-0.25, -0.2) is 4.79 Å². The Kier molecular flexibility index (Phi) is 9.25. The van der Waals surface area contributed by atoms with Crippen molar-refractivity contribution >= 4 is 22.4 Å². The lowest BCUT2D eigenvalue weighted by molar-refractivity contribution is -0.00397. The molecule has 0 bridgehead atoms. The van der Waals surface area contributed by atoms with Gasteiger partial charge in [0.1, 0.15) is 0 Å². The van der Waals surface area contributed by atoms with Crippen LogP contribution in [-0.2, 0) is 11.2 Å². The number of carboxylic acids is 1. The molecule has 0 aliphatic carbocycles. The molecule has 4 rings (SSSR count). The Hall–Kier alpha value is -3.71. The van der Waals surface area contributed by atoms with E-state index in [0.29, 0.717) is 12.2 Å². The third-order valence-corrected chi connectivity index (χ3v) is 7.23. The zero-order chi connectivity index (χ0) is 28.9. The zero-order valence-corrected chi connectivity index (χ0v) is 24.0. The number of hydrogen-bond acceptors (Lipinski definition) is 5. The first-order valence-corrected chi connectivity index (χ1v) is 13.7. The first kappa shape index (κ1) is 29.3. The minimum Gasteiger partial charge on any atom is -0.478 e. The van der Waals surface area contributed by atoms with Gasteiger partial charge < -0.3 is 25.2 Å². The van der Waals surface area contributed by atoms with Crippen LogP contribution >= 0.6 is 0 Å². The van der Waals surface area contributed by atoms with Crippen LogP contribution in [0.15, 0.2) is 84.9 Å². The monoisotopic (exact) mass is 540 g/mol. The van der Waals surface area contributed by atoms with E-state index < -0.39 is 12.1 Å². The summed E-state index contributed by atoms with van der Waals surface area (Å²) in [5.41, 5.74) is 4.81. The van der Waals surface area contributed by atoms with Gasteiger partial charge in [0.25, 0.3) is 0 Å². The van der Waals surface area contributed by atoms with E-state index in [4.69, 9.17) is 4.74 Å². The lowest BCUT2D eigenvalue weighted by atomic mass is 9.93. The molecule has 1 unspecified atom stereocenters. The minimum atomic E-state index is -0.955. The molecular weight excluding hydrogens is 500 g/mol. The number of rotatable bonds is 12. The van der Waals surface area contributed by atoms with Crippen molar-refractivity contribution in [3.63, 3.8) is 0 Å². The van der Waals surface area contributed by atoms with Crippen LogP contribution in [-0.4, -0.2) is 55.1 Å². The number of fused-ring (bicyclic) bond motifs is 1. The molecule has 3 N–H and O–H groups in total. The predicted octanol–water partition coefficient (Wildman–Crippen LogP) is 6.32. The number of hydrogen-bond donors (Lipinski definition) is 3. The molecule has 40 heavy (non-hydrogen) atoms. The van der Waals surface area contributed by atoms with Gasteiger partial charge in [-0.3, -0.25) is 0 Å². The van der Waals surface area contributed by atoms with Crippen LogP contribution in [0, 0.1) is 0 Å². The van der Waals surface area contributed by atoms with Crippen molar-refractivity contribution in [1.82, 2.24) is 5.32 Å². The standard InChI is InChI=1S/C34H40N2O4/c1-23(29-12-8-9-13-30(29)27-16-17-31(33(38)39)32(19-27)36(4)5)40-22-28(37)21-35-34(2,3)20-24-14-15-25-10-6-7-11-26(25)18-24/h6-19,23,28,35,37H,20-22H2,1-5H3,(H,38,39)/t23?,28-/m1/s1. The minimum absolute atomic E-state index is 0.190. The highest BCUT2D eigenvalue weighted by molar-refractivity contribution is 5.95. The predicted molar refractivity (Wildman–Crippen MR) is 163 cm³/mol. The molecule has 6 heteroatoms. The molecule has 0 aromatic heterocycles. The van der Waals surface area contributed by atoms with Crippen LogP contribution in [0.4, 0.5) is 5.69 Å². The summed E-state index contributed by atoms with van der Waals surface area (Å²) in [5, 5.41) is 26.3. The van der Waals surface area contributed by atoms with Gasteiger partial charge in [-0.15, -0.1) is 0 Å². The normalized spacial score (nSPS) is 13.2. The van der Waals surface area contributed by atoms with Crippen molar-refractivity contribution in [2.24, 2.45) is 0 Å². The second-order valence-corrected chi connectivity index (χ2v) is 11.3. The lowest BCUT2D eigenvalue weighted by Gasteiger charge is -2.28. The van der Waals surface area contributed by atoms with Crippen molar-refractivity contribution in [3.05, 3.63) is 102 Å². The van der Waals surface area contributed by atoms with E-state index in [1.807, 2.05) is 57.4 Å². The average molecular weight is 541 g/mol. The van der Waals surface area contributed by atoms with E-state index in [9.17, 15) is 15.0 Å². The molecule has 4 aromatic carbocycles. The summed E-state index contributed by atoms with van der Waals surface area (Å²) in [4.78, 5) is 13.5. The van der Waals surface area contributed by atoms with Crippen molar-refractivity contribution in [1.29, 1.82) is 0 Å². The first-order chi connectivity index (χ1) is 19.0. The molecule has 2 atom stereocenters. The number of aromatic carboxylic acids is 1. The van der Waals surface area contributed by atoms with E-state index >= 15 is 0 Å². The van der Waals surface area contributed by atoms with Crippen molar-refractivity contribution in [2.45, 2.75) is 44.9 Å². The van der Waals surface area contributed by atoms with Crippen LogP contribution in [0.2, 0.25) is 0 Å². The molecule has 0 heterocycles. The van der Waals surface area contributed by atoms with Gasteiger partial charge in [-0.2, -0.15) is 0 Å². The number of β-amino-alcohol motifs (C(OH)–C–C–N with tert-alkyl or cyclic N) is 1. The van der Waals surface area contributed by atoms with Crippen LogP contribution < -0.4 is 10.2 Å². The Morgan fingerprint density at radius 3 is 2.38 bits per heavy atom. The van der Waals surface area contributed by atoms with Gasteiger partial charge in [0.2, 0.25) is 0 Å². The number of aliphatic hydroxyl groups is 1. The summed E-state index contributed by atoms with van der Waals surface area (Å²) in [5.74, 6) is -0.955. The summed E-state index contributed by atoms with van der Waals surface area (Å²) in [7, 11) is 3.67. The Morgan fingerprint density at radius 2 is 1.65 bits per heavy atom. The first-order valence-electron chi connectivity index (χ1n) is 13.7. The summed E-state index contributed by atoms with van der Waals surface area (Å²) < 4.78 is 6.13. The van der Waals surface area contributed by atoms with Gasteiger partial charge in [0.05, 0.1) is 30.1 Å². The molecule has 210 valence electrons. The fraction of sp³-hybridized carbons (Fsp3) is 0.324. The maximum Gasteiger partial charge on any atom is 0.337 e. The molecule has 0 aliphatic heterocycles. The molecular formula is C34H40N2O4. The van der Waals surface area contributed by atoms with E-state index in [2.05, 4.69) is 61.6 Å². The van der Waals surface area contributed by atoms with Crippen molar-refractivity contribution in [2.75, 3.05) is 32.1 Å². The fourth-order valence-corrected chi connectivity index (χ4v) is 5.08. The Labute approximate surface area is 237 Å². The second kappa shape index (κ2) is 12.6. The van der Waals surface area contributed by atoms with Gasteiger partial charge >= 0.3 is 5.97 Å². The number of carbonyl (C=O) groups is 1. The van der Waals surface area contributed by atoms with E-state index in [1.165, 1.54) is 16.3 Å². The quantitative estimate of drug-likeness (QED) is 0.195. The molecule has 0 radical (unpaired) electrons. The third kappa shape index (κ3) is 7.27. The second-order valence-electron chi connectivity index (χ2n) is 11.3. The summed E-state index contributed by atoms with van der Waals surface area (Å²) in [6.07, 6.45) is -0.0933. The summed E-state index contributed by atoms with van der Waals surface area (Å²) in [6.45, 7) is 6.87. The van der Waals surface area contributed by atoms with E-state index in [1.54, 1.807) is 11.0 Å². The van der Waals surface area contributed by atoms with Crippen LogP contribution in [0.25, 0.3) is 21.9 Å². The molecule has 0 amide bonds. The Balaban J connectivity index is 1.37. The van der Waals surface area contributed by atoms with Gasteiger partial charge in [0.15, 0.2) is 0 Å². The summed E-state index contributed by atoms with van der Waals surface area (Å²) >= 11 is 0. The highest BCUT2D eigenvalue weighted by Crippen LogP contribution is 2.33. The molecule has 6 nitrogen and oxygen atoms in total. The Bertz CT molecular complexity index is 1460. The van der Waals surface area contributed by atoms with Crippen LogP contribution in [0.3, 0.4) is 0 Å². The smallest absolute Gasteiger partial charge is 0.337 e. The van der Waals surface area contributed by atoms with Crippen LogP contribution in [0.1, 0.15) is 48.4 Å². The van der Waals surface area contributed by atoms with Crippen molar-refractivity contribution in [3.8, 4) is 11.1 Å². The lowest BCUT2D eigenvalue weighted by Crippen LogP contribution is -2.46. The molecule has 0 aliphatic rings. The molecule has 4 aromatic rings. The third-order valence-electron chi connectivity index (χ3n) is 7.23. The highest BCUT2D eigenvalue weighted by atomic mass is 16.5. The average Bonchev–Trinajstić information content (AvgIpc) is 2.94. The van der Waals surface area contributed by atoms with Gasteiger partial charge in [0, 0.05) is 26.2 Å². The van der Waals surface area contributed by atoms with Crippen LogP contribution in [0.5, 0.6) is 0 Å². The molecule has 0 spiro atoms. The number of benzene rings is 4. The van der Waals surface area contributed by atoms with Gasteiger partial charge in [-0.05, 0) is 72.4 Å². The number of ether oxygens (including phenoxy) is 1. The largest absolute Gasteiger partial charge is 0.478 e. The topological polar surface area (TPSA) is 82.0 Å². The maximum atomic E-state index is 11.7. The van der Waals surface area contributed by atoms with Crippen molar-refractivity contribution < 1.29 is 19.7 Å². The number of nitrogens with one attached hydrogen (secondary N) is 1. The number of anilines is 1. The Morgan fingerprint density at radius 1 is 0.950 bits per heavy atom. The van der Waals surface area contributed by atoms with Gasteiger partial charge in [-0.1, -0.05) is 72.8 Å². The highest BCUT2D eigenvalue weighted by Gasteiger charge is 2.21. The molecule has 0 saturated heterocycles. The molecule has 0 saturated carbocycles. The zero-order valence-electron chi connectivity index (χ0n) is 24.0. The SMILES string of the molecule is CC(OC[C@H](O)CNC(C)(C)Cc1ccc2ccccc2c1)c1ccccc1-c1ccc(C(=O)O)c(N(C)C)c1. The number of carboxylic acid groups (broad SMARTS) is 1. The fourth-order valence-electron chi connectivity index (χ4n) is 5.08. The van der Waals surface area contributed by atoms with E-state index in [-0.39, 0.29) is 23.8 Å². The number of nitrogens with zero attached hydrogens (tertiary/aromatic N) is 1. The summed E-state index contributed by atoms with van der Waals surface area (Å²) in [6, 6.07) is 28.2. The van der Waals surface area contributed by atoms with E-state index in [0.717, 1.165) is 23.1 Å².